The number of rotatable bonds is 2. The van der Waals surface area contributed by atoms with Gasteiger partial charge in [0.05, 0.1) is 0 Å². The molecule has 21 heavy (non-hydrogen) atoms. The van der Waals surface area contributed by atoms with Crippen LogP contribution in [0.25, 0.3) is 0 Å². The molecule has 1 amide bonds. The van der Waals surface area contributed by atoms with Gasteiger partial charge in [-0.05, 0) is 38.8 Å². The second-order valence-corrected chi connectivity index (χ2v) is 7.50. The van der Waals surface area contributed by atoms with Crippen LogP contribution in [0, 0.1) is 0 Å². The van der Waals surface area contributed by atoms with Crippen LogP contribution in [0.5, 0.6) is 0 Å². The van der Waals surface area contributed by atoms with Crippen LogP contribution in [-0.2, 0) is 5.41 Å². The molecular formula is C17H27N3O. The molecule has 0 unspecified atom stereocenters. The summed E-state index contributed by atoms with van der Waals surface area (Å²) in [6.07, 6.45) is 2.14. The third-order valence-corrected chi connectivity index (χ3v) is 4.24. The van der Waals surface area contributed by atoms with E-state index in [0.717, 1.165) is 36.5 Å². The monoisotopic (exact) mass is 289 g/mol. The molecule has 0 aromatic carbocycles. The van der Waals surface area contributed by atoms with E-state index in [1.807, 2.05) is 24.1 Å². The number of amides is 1. The molecule has 0 bridgehead atoms. The molecule has 1 fully saturated rings. The molecule has 4 nitrogen and oxygen atoms in total. The van der Waals surface area contributed by atoms with Gasteiger partial charge in [-0.25, -0.2) is 4.98 Å². The minimum absolute atomic E-state index is 0.0535. The highest BCUT2D eigenvalue weighted by Crippen LogP contribution is 2.31. The van der Waals surface area contributed by atoms with Crippen LogP contribution in [-0.4, -0.2) is 34.9 Å². The second-order valence-electron chi connectivity index (χ2n) is 7.50. The Balaban J connectivity index is 2.41. The number of anilines is 1. The minimum Gasteiger partial charge on any atom is -0.373 e. The molecule has 0 spiro atoms. The van der Waals surface area contributed by atoms with Crippen LogP contribution >= 0.6 is 0 Å². The Hall–Kier alpha value is -1.58. The van der Waals surface area contributed by atoms with Crippen LogP contribution < -0.4 is 5.32 Å². The van der Waals surface area contributed by atoms with E-state index in [9.17, 15) is 4.79 Å². The number of carbonyl (C=O) groups excluding carboxylic acids is 1. The van der Waals surface area contributed by atoms with Crippen molar-refractivity contribution < 1.29 is 4.79 Å². The van der Waals surface area contributed by atoms with Gasteiger partial charge in [-0.2, -0.15) is 0 Å². The fourth-order valence-corrected chi connectivity index (χ4v) is 2.81. The van der Waals surface area contributed by atoms with Crippen molar-refractivity contribution >= 4 is 11.7 Å². The standard InChI is InChI=1S/C17H27N3O/c1-16(2,3)13-10-12(11-14(18-6)19-13)15(21)20-9-7-8-17(20,4)5/h10-11H,7-9H2,1-6H3,(H,18,19). The molecule has 1 saturated heterocycles. The van der Waals surface area contributed by atoms with E-state index in [1.54, 1.807) is 0 Å². The lowest BCUT2D eigenvalue weighted by atomic mass is 9.90. The predicted octanol–water partition coefficient (Wildman–Crippen LogP) is 3.44. The number of hydrogen-bond donors (Lipinski definition) is 1. The van der Waals surface area contributed by atoms with E-state index in [1.165, 1.54) is 0 Å². The summed E-state index contributed by atoms with van der Waals surface area (Å²) in [4.78, 5) is 19.5. The molecule has 0 saturated carbocycles. The molecule has 1 aliphatic rings. The fraction of sp³-hybridized carbons (Fsp3) is 0.647. The smallest absolute Gasteiger partial charge is 0.254 e. The van der Waals surface area contributed by atoms with Gasteiger partial charge in [-0.3, -0.25) is 4.79 Å². The highest BCUT2D eigenvalue weighted by Gasteiger charge is 2.36. The summed E-state index contributed by atoms with van der Waals surface area (Å²) in [5, 5.41) is 3.06. The maximum absolute atomic E-state index is 12.9. The molecule has 1 N–H and O–H groups in total. The molecule has 2 heterocycles. The molecule has 0 atom stereocenters. The largest absolute Gasteiger partial charge is 0.373 e. The molecule has 4 heteroatoms. The van der Waals surface area contributed by atoms with E-state index >= 15 is 0 Å². The zero-order valence-corrected chi connectivity index (χ0v) is 14.1. The number of nitrogens with zero attached hydrogens (tertiary/aromatic N) is 2. The Bertz CT molecular complexity index is 543. The summed E-state index contributed by atoms with van der Waals surface area (Å²) < 4.78 is 0. The normalized spacial score (nSPS) is 17.9. The quantitative estimate of drug-likeness (QED) is 0.907. The van der Waals surface area contributed by atoms with Gasteiger partial charge < -0.3 is 10.2 Å². The number of nitrogens with one attached hydrogen (secondary N) is 1. The van der Waals surface area contributed by atoms with Gasteiger partial charge in [0.25, 0.3) is 5.91 Å². The Morgan fingerprint density at radius 1 is 1.33 bits per heavy atom. The van der Waals surface area contributed by atoms with Crippen LogP contribution in [0.3, 0.4) is 0 Å². The minimum atomic E-state index is -0.0809. The second kappa shape index (κ2) is 5.32. The fourth-order valence-electron chi connectivity index (χ4n) is 2.81. The average Bonchev–Trinajstić information content (AvgIpc) is 2.75. The van der Waals surface area contributed by atoms with Gasteiger partial charge in [-0.15, -0.1) is 0 Å². The van der Waals surface area contributed by atoms with Gasteiger partial charge in [0.15, 0.2) is 0 Å². The number of aromatic nitrogens is 1. The first kappa shape index (κ1) is 15.8. The van der Waals surface area contributed by atoms with Crippen LogP contribution in [0.2, 0.25) is 0 Å². The third kappa shape index (κ3) is 3.20. The van der Waals surface area contributed by atoms with Gasteiger partial charge in [0, 0.05) is 35.8 Å². The topological polar surface area (TPSA) is 45.2 Å². The van der Waals surface area contributed by atoms with Crippen molar-refractivity contribution in [2.24, 2.45) is 0 Å². The highest BCUT2D eigenvalue weighted by atomic mass is 16.2. The summed E-state index contributed by atoms with van der Waals surface area (Å²) in [5.41, 5.74) is 1.54. The first-order chi connectivity index (χ1) is 9.65. The zero-order chi connectivity index (χ0) is 15.8. The first-order valence-corrected chi connectivity index (χ1v) is 7.67. The Labute approximate surface area is 127 Å². The van der Waals surface area contributed by atoms with E-state index < -0.39 is 0 Å². The predicted molar refractivity (Wildman–Crippen MR) is 86.8 cm³/mol. The third-order valence-electron chi connectivity index (χ3n) is 4.24. The number of likely N-dealkylation sites (tertiary alicyclic amines) is 1. The zero-order valence-electron chi connectivity index (χ0n) is 14.1. The number of carbonyl (C=O) groups is 1. The molecular weight excluding hydrogens is 262 g/mol. The summed E-state index contributed by atoms with van der Waals surface area (Å²) in [7, 11) is 1.84. The summed E-state index contributed by atoms with van der Waals surface area (Å²) in [6.45, 7) is 11.5. The molecule has 1 aliphatic heterocycles. The lowest BCUT2D eigenvalue weighted by molar-refractivity contribution is 0.0651. The molecule has 116 valence electrons. The number of hydrogen-bond acceptors (Lipinski definition) is 3. The maximum atomic E-state index is 12.9. The lowest BCUT2D eigenvalue weighted by Gasteiger charge is -2.32. The van der Waals surface area contributed by atoms with Crippen molar-refractivity contribution in [1.82, 2.24) is 9.88 Å². The highest BCUT2D eigenvalue weighted by molar-refractivity contribution is 5.95. The molecule has 1 aromatic heterocycles. The number of pyridine rings is 1. The lowest BCUT2D eigenvalue weighted by Crippen LogP contribution is -2.42. The van der Waals surface area contributed by atoms with Gasteiger partial charge in [-0.1, -0.05) is 20.8 Å². The molecule has 0 aliphatic carbocycles. The van der Waals surface area contributed by atoms with Crippen LogP contribution in [0.15, 0.2) is 12.1 Å². The molecule has 1 aromatic rings. The van der Waals surface area contributed by atoms with Crippen molar-refractivity contribution in [3.05, 3.63) is 23.4 Å². The molecule has 2 rings (SSSR count). The van der Waals surface area contributed by atoms with Crippen molar-refractivity contribution in [3.8, 4) is 0 Å². The van der Waals surface area contributed by atoms with Gasteiger partial charge in [0.1, 0.15) is 5.82 Å². The van der Waals surface area contributed by atoms with Gasteiger partial charge in [0.2, 0.25) is 0 Å². The van der Waals surface area contributed by atoms with Crippen LogP contribution in [0.4, 0.5) is 5.82 Å². The maximum Gasteiger partial charge on any atom is 0.254 e. The Morgan fingerprint density at radius 2 is 2.00 bits per heavy atom. The summed E-state index contributed by atoms with van der Waals surface area (Å²) in [5.74, 6) is 0.865. The molecule has 0 radical (unpaired) electrons. The van der Waals surface area contributed by atoms with Crippen molar-refractivity contribution in [2.45, 2.75) is 58.4 Å². The van der Waals surface area contributed by atoms with Crippen LogP contribution in [0.1, 0.15) is 63.5 Å². The average molecular weight is 289 g/mol. The SMILES string of the molecule is CNc1cc(C(=O)N2CCCC2(C)C)cc(C(C)(C)C)n1. The summed E-state index contributed by atoms with van der Waals surface area (Å²) in [6, 6.07) is 3.80. The van der Waals surface area contributed by atoms with E-state index in [0.29, 0.717) is 0 Å². The van der Waals surface area contributed by atoms with E-state index in [2.05, 4.69) is 44.9 Å². The van der Waals surface area contributed by atoms with Gasteiger partial charge >= 0.3 is 0 Å². The summed E-state index contributed by atoms with van der Waals surface area (Å²) >= 11 is 0. The first-order valence-electron chi connectivity index (χ1n) is 7.67. The Kier molecular flexibility index (Phi) is 4.00. The van der Waals surface area contributed by atoms with Crippen molar-refractivity contribution in [2.75, 3.05) is 18.9 Å². The van der Waals surface area contributed by atoms with Crippen molar-refractivity contribution in [3.63, 3.8) is 0 Å². The Morgan fingerprint density at radius 3 is 2.48 bits per heavy atom. The van der Waals surface area contributed by atoms with Crippen molar-refractivity contribution in [1.29, 1.82) is 0 Å². The van der Waals surface area contributed by atoms with E-state index in [4.69, 9.17) is 0 Å². The van der Waals surface area contributed by atoms with E-state index in [-0.39, 0.29) is 16.9 Å².